The fraction of sp³-hybridized carbons (Fsp3) is 0.0714. The summed E-state index contributed by atoms with van der Waals surface area (Å²) in [7, 11) is 1.41. The highest BCUT2D eigenvalue weighted by Gasteiger charge is 2.15. The molecule has 0 aliphatic rings. The van der Waals surface area contributed by atoms with Gasteiger partial charge in [0.15, 0.2) is 0 Å². The molecule has 0 saturated carbocycles. The minimum Gasteiger partial charge on any atom is -0.399 e. The topological polar surface area (TPSA) is 64.7 Å². The van der Waals surface area contributed by atoms with E-state index in [0.717, 1.165) is 4.90 Å². The van der Waals surface area contributed by atoms with E-state index in [2.05, 4.69) is 9.99 Å². The van der Waals surface area contributed by atoms with Crippen molar-refractivity contribution in [1.82, 2.24) is 0 Å². The number of nitro groups is 1. The van der Waals surface area contributed by atoms with E-state index in [9.17, 15) is 10.1 Å². The third-order valence-electron chi connectivity index (χ3n) is 2.53. The molecule has 5 nitrogen and oxygen atoms in total. The number of nitro benzene ring substituents is 1. The molecular weight excluding hydrogens is 312 g/mol. The number of nitrogens with zero attached hydrogens (tertiary/aromatic N) is 2. The smallest absolute Gasteiger partial charge is 0.283 e. The van der Waals surface area contributed by atoms with E-state index >= 15 is 0 Å². The normalized spacial score (nSPS) is 10.8. The van der Waals surface area contributed by atoms with Crippen molar-refractivity contribution < 1.29 is 9.76 Å². The quantitative estimate of drug-likeness (QED) is 0.465. The van der Waals surface area contributed by atoms with Gasteiger partial charge in [-0.3, -0.25) is 10.1 Å². The van der Waals surface area contributed by atoms with Crippen molar-refractivity contribution in [3.05, 3.63) is 63.2 Å². The fourth-order valence-corrected chi connectivity index (χ4v) is 2.61. The Labute approximate surface area is 130 Å². The van der Waals surface area contributed by atoms with E-state index < -0.39 is 4.92 Å². The third kappa shape index (κ3) is 4.21. The first-order valence-electron chi connectivity index (χ1n) is 5.88. The number of benzene rings is 2. The molecule has 0 atom stereocenters. The summed E-state index contributed by atoms with van der Waals surface area (Å²) in [5.41, 5.74) is 0.624. The second-order valence-electron chi connectivity index (χ2n) is 3.96. The summed E-state index contributed by atoms with van der Waals surface area (Å²) in [4.78, 5) is 16.8. The van der Waals surface area contributed by atoms with Crippen LogP contribution in [0.3, 0.4) is 0 Å². The van der Waals surface area contributed by atoms with E-state index in [0.29, 0.717) is 15.5 Å². The molecule has 0 bridgehead atoms. The van der Waals surface area contributed by atoms with Gasteiger partial charge in [-0.15, -0.1) is 0 Å². The summed E-state index contributed by atoms with van der Waals surface area (Å²) < 4.78 is 0. The minimum absolute atomic E-state index is 0.0232. The van der Waals surface area contributed by atoms with Crippen LogP contribution in [-0.4, -0.2) is 18.2 Å². The van der Waals surface area contributed by atoms with Crippen molar-refractivity contribution in [2.24, 2.45) is 5.16 Å². The Hall–Kier alpha value is -2.05. The Morgan fingerprint density at radius 3 is 2.62 bits per heavy atom. The van der Waals surface area contributed by atoms with Crippen LogP contribution in [0.4, 0.5) is 5.69 Å². The second-order valence-corrected chi connectivity index (χ2v) is 5.51. The maximum atomic E-state index is 11.2. The van der Waals surface area contributed by atoms with Crippen molar-refractivity contribution in [1.29, 1.82) is 0 Å². The standard InChI is InChI=1S/C14H11ClN2O3S/c1-20-16-9-10-2-7-14(13(8-10)17(18)19)21-12-5-3-11(15)4-6-12/h2-9H,1H3/b16-9-. The average Bonchev–Trinajstić information content (AvgIpc) is 2.48. The van der Waals surface area contributed by atoms with E-state index in [1.54, 1.807) is 24.3 Å². The zero-order valence-corrected chi connectivity index (χ0v) is 12.6. The van der Waals surface area contributed by atoms with Crippen LogP contribution in [0.2, 0.25) is 5.02 Å². The molecule has 0 aliphatic carbocycles. The summed E-state index contributed by atoms with van der Waals surface area (Å²) >= 11 is 7.13. The zero-order valence-electron chi connectivity index (χ0n) is 11.0. The van der Waals surface area contributed by atoms with Gasteiger partial charge in [0.1, 0.15) is 7.11 Å². The van der Waals surface area contributed by atoms with Gasteiger partial charge in [-0.25, -0.2) is 0 Å². The highest BCUT2D eigenvalue weighted by Crippen LogP contribution is 2.35. The van der Waals surface area contributed by atoms with Gasteiger partial charge in [0.05, 0.1) is 16.0 Å². The van der Waals surface area contributed by atoms with Crippen LogP contribution in [0.1, 0.15) is 5.56 Å². The summed E-state index contributed by atoms with van der Waals surface area (Å²) in [6, 6.07) is 12.0. The van der Waals surface area contributed by atoms with Crippen LogP contribution < -0.4 is 0 Å². The van der Waals surface area contributed by atoms with E-state index in [-0.39, 0.29) is 5.69 Å². The van der Waals surface area contributed by atoms with Gasteiger partial charge < -0.3 is 4.84 Å². The van der Waals surface area contributed by atoms with Crippen LogP contribution >= 0.6 is 23.4 Å². The summed E-state index contributed by atoms with van der Waals surface area (Å²) in [6.07, 6.45) is 1.42. The summed E-state index contributed by atoms with van der Waals surface area (Å²) in [5, 5.41) is 15.4. The first-order valence-corrected chi connectivity index (χ1v) is 7.08. The molecule has 0 unspecified atom stereocenters. The molecule has 0 amide bonds. The lowest BCUT2D eigenvalue weighted by Gasteiger charge is -2.04. The average molecular weight is 323 g/mol. The molecule has 0 aromatic heterocycles. The molecule has 2 aromatic carbocycles. The van der Waals surface area contributed by atoms with Gasteiger partial charge in [0, 0.05) is 21.5 Å². The molecule has 2 rings (SSSR count). The SMILES string of the molecule is CO/N=C\c1ccc(Sc2ccc(Cl)cc2)c([N+](=O)[O-])c1. The fourth-order valence-electron chi connectivity index (χ4n) is 1.59. The van der Waals surface area contributed by atoms with Crippen LogP contribution in [0.25, 0.3) is 0 Å². The maximum absolute atomic E-state index is 11.2. The Bertz CT molecular complexity index is 674. The molecule has 21 heavy (non-hydrogen) atoms. The van der Waals surface area contributed by atoms with Crippen LogP contribution in [0.5, 0.6) is 0 Å². The van der Waals surface area contributed by atoms with E-state index in [4.69, 9.17) is 11.6 Å². The molecule has 108 valence electrons. The molecule has 0 saturated heterocycles. The van der Waals surface area contributed by atoms with Gasteiger partial charge in [0.2, 0.25) is 0 Å². The highest BCUT2D eigenvalue weighted by molar-refractivity contribution is 7.99. The lowest BCUT2D eigenvalue weighted by molar-refractivity contribution is -0.387. The van der Waals surface area contributed by atoms with Gasteiger partial charge in [-0.2, -0.15) is 0 Å². The van der Waals surface area contributed by atoms with Crippen LogP contribution in [-0.2, 0) is 4.84 Å². The number of hydrogen-bond acceptors (Lipinski definition) is 5. The molecule has 0 heterocycles. The lowest BCUT2D eigenvalue weighted by Crippen LogP contribution is -1.93. The van der Waals surface area contributed by atoms with Crippen molar-refractivity contribution in [3.63, 3.8) is 0 Å². The first kappa shape index (κ1) is 15.3. The molecule has 0 radical (unpaired) electrons. The summed E-state index contributed by atoms with van der Waals surface area (Å²) in [5.74, 6) is 0. The zero-order chi connectivity index (χ0) is 15.2. The van der Waals surface area contributed by atoms with Gasteiger partial charge >= 0.3 is 0 Å². The molecule has 0 fully saturated rings. The number of halogens is 1. The molecule has 0 aliphatic heterocycles. The Morgan fingerprint density at radius 2 is 2.00 bits per heavy atom. The Morgan fingerprint density at radius 1 is 1.29 bits per heavy atom. The van der Waals surface area contributed by atoms with Crippen LogP contribution in [0, 0.1) is 10.1 Å². The van der Waals surface area contributed by atoms with Crippen molar-refractivity contribution >= 4 is 35.3 Å². The van der Waals surface area contributed by atoms with E-state index in [1.165, 1.54) is 31.2 Å². The maximum Gasteiger partial charge on any atom is 0.283 e. The molecule has 0 spiro atoms. The number of rotatable bonds is 5. The minimum atomic E-state index is -0.414. The number of hydrogen-bond donors (Lipinski definition) is 0. The van der Waals surface area contributed by atoms with Gasteiger partial charge in [-0.05, 0) is 30.3 Å². The number of oxime groups is 1. The van der Waals surface area contributed by atoms with E-state index in [1.807, 2.05) is 12.1 Å². The monoisotopic (exact) mass is 322 g/mol. The predicted molar refractivity (Wildman–Crippen MR) is 83.3 cm³/mol. The molecular formula is C14H11ClN2O3S. The molecule has 7 heteroatoms. The molecule has 2 aromatic rings. The molecule has 0 N–H and O–H groups in total. The second kappa shape index (κ2) is 7.10. The van der Waals surface area contributed by atoms with Crippen LogP contribution in [0.15, 0.2) is 57.4 Å². The Kier molecular flexibility index (Phi) is 5.19. The van der Waals surface area contributed by atoms with Crippen molar-refractivity contribution in [2.45, 2.75) is 9.79 Å². The van der Waals surface area contributed by atoms with Crippen molar-refractivity contribution in [2.75, 3.05) is 7.11 Å². The van der Waals surface area contributed by atoms with Gasteiger partial charge in [-0.1, -0.05) is 34.6 Å². The predicted octanol–water partition coefficient (Wildman–Crippen LogP) is 4.38. The first-order chi connectivity index (χ1) is 10.1. The highest BCUT2D eigenvalue weighted by atomic mass is 35.5. The third-order valence-corrected chi connectivity index (χ3v) is 3.85. The Balaban J connectivity index is 2.32. The lowest BCUT2D eigenvalue weighted by atomic mass is 10.2. The largest absolute Gasteiger partial charge is 0.399 e. The van der Waals surface area contributed by atoms with Crippen molar-refractivity contribution in [3.8, 4) is 0 Å². The summed E-state index contributed by atoms with van der Waals surface area (Å²) in [6.45, 7) is 0. The van der Waals surface area contributed by atoms with Gasteiger partial charge in [0.25, 0.3) is 5.69 Å².